The van der Waals surface area contributed by atoms with Gasteiger partial charge in [0.05, 0.1) is 4.90 Å². The normalized spacial score (nSPS) is 15.2. The van der Waals surface area contributed by atoms with E-state index in [4.69, 9.17) is 11.6 Å². The smallest absolute Gasteiger partial charge is 0.241 e. The number of carbonyl (C=O) groups is 1. The number of benzene rings is 3. The number of anilines is 1. The van der Waals surface area contributed by atoms with Crippen molar-refractivity contribution in [2.24, 2.45) is 0 Å². The van der Waals surface area contributed by atoms with Gasteiger partial charge in [-0.1, -0.05) is 41.9 Å². The predicted octanol–water partition coefficient (Wildman–Crippen LogP) is 3.72. The van der Waals surface area contributed by atoms with Crippen LogP contribution in [0.2, 0.25) is 5.02 Å². The number of hydrogen-bond donors (Lipinski definition) is 1. The first-order chi connectivity index (χ1) is 16.3. The lowest BCUT2D eigenvalue weighted by Crippen LogP contribution is -2.55. The van der Waals surface area contributed by atoms with E-state index in [0.29, 0.717) is 31.2 Å². The van der Waals surface area contributed by atoms with Crippen LogP contribution in [0.15, 0.2) is 83.8 Å². The number of carbonyl (C=O) groups excluding carboxylic acids is 1. The number of sulfonamides is 1. The molecule has 0 bridgehead atoms. The number of rotatable bonds is 7. The van der Waals surface area contributed by atoms with E-state index in [1.54, 1.807) is 17.0 Å². The highest BCUT2D eigenvalue weighted by Gasteiger charge is 2.31. The number of nitrogens with zero attached hydrogens (tertiary/aromatic N) is 2. The molecule has 4 rings (SSSR count). The third kappa shape index (κ3) is 5.94. The summed E-state index contributed by atoms with van der Waals surface area (Å²) in [5.74, 6) is -0.575. The molecule has 1 heterocycles. The van der Waals surface area contributed by atoms with Gasteiger partial charge >= 0.3 is 0 Å². The van der Waals surface area contributed by atoms with Crippen molar-refractivity contribution in [3.8, 4) is 0 Å². The molecule has 178 valence electrons. The maximum atomic E-state index is 13.5. The molecular formula is C25H25ClFN3O3S. The Balaban J connectivity index is 1.50. The molecule has 1 fully saturated rings. The van der Waals surface area contributed by atoms with Gasteiger partial charge in [-0.15, -0.1) is 0 Å². The molecule has 1 aliphatic rings. The van der Waals surface area contributed by atoms with E-state index in [2.05, 4.69) is 9.62 Å². The number of halogens is 2. The van der Waals surface area contributed by atoms with Crippen LogP contribution in [0.3, 0.4) is 0 Å². The average Bonchev–Trinajstić information content (AvgIpc) is 2.84. The fraction of sp³-hybridized carbons (Fsp3) is 0.240. The van der Waals surface area contributed by atoms with Gasteiger partial charge in [0.25, 0.3) is 0 Å². The molecule has 1 saturated heterocycles. The van der Waals surface area contributed by atoms with Crippen molar-refractivity contribution < 1.29 is 17.6 Å². The van der Waals surface area contributed by atoms with Crippen molar-refractivity contribution >= 4 is 33.2 Å². The van der Waals surface area contributed by atoms with Gasteiger partial charge in [-0.05, 0) is 60.5 Å². The number of piperazine rings is 1. The molecule has 1 amide bonds. The first-order valence-electron chi connectivity index (χ1n) is 10.9. The summed E-state index contributed by atoms with van der Waals surface area (Å²) in [5, 5.41) is 0.426. The highest BCUT2D eigenvalue weighted by atomic mass is 35.5. The zero-order valence-corrected chi connectivity index (χ0v) is 20.0. The Morgan fingerprint density at radius 2 is 1.53 bits per heavy atom. The van der Waals surface area contributed by atoms with Gasteiger partial charge < -0.3 is 9.80 Å². The predicted molar refractivity (Wildman–Crippen MR) is 131 cm³/mol. The molecule has 1 N–H and O–H groups in total. The van der Waals surface area contributed by atoms with Crippen LogP contribution < -0.4 is 9.62 Å². The molecule has 0 spiro atoms. The molecule has 6 nitrogen and oxygen atoms in total. The topological polar surface area (TPSA) is 69.7 Å². The fourth-order valence-electron chi connectivity index (χ4n) is 3.96. The highest BCUT2D eigenvalue weighted by Crippen LogP contribution is 2.19. The van der Waals surface area contributed by atoms with E-state index in [-0.39, 0.29) is 23.0 Å². The molecule has 9 heteroatoms. The number of nitrogens with one attached hydrogen (secondary N) is 1. The van der Waals surface area contributed by atoms with Crippen LogP contribution in [0, 0.1) is 5.82 Å². The number of amides is 1. The van der Waals surface area contributed by atoms with Crippen LogP contribution in [-0.4, -0.2) is 51.4 Å². The summed E-state index contributed by atoms with van der Waals surface area (Å²) in [6.07, 6.45) is 0.227. The summed E-state index contributed by atoms with van der Waals surface area (Å²) in [6, 6.07) is 20.4. The molecular weight excluding hydrogens is 477 g/mol. The van der Waals surface area contributed by atoms with Gasteiger partial charge in [0.15, 0.2) is 0 Å². The van der Waals surface area contributed by atoms with Crippen molar-refractivity contribution in [2.45, 2.75) is 17.4 Å². The van der Waals surface area contributed by atoms with Crippen LogP contribution in [0.5, 0.6) is 0 Å². The first kappa shape index (κ1) is 24.2. The monoisotopic (exact) mass is 501 g/mol. The van der Waals surface area contributed by atoms with Crippen molar-refractivity contribution in [3.63, 3.8) is 0 Å². The van der Waals surface area contributed by atoms with Gasteiger partial charge in [-0.2, -0.15) is 4.72 Å². The largest absolute Gasteiger partial charge is 0.368 e. The van der Waals surface area contributed by atoms with Crippen molar-refractivity contribution in [3.05, 3.63) is 95.3 Å². The van der Waals surface area contributed by atoms with Crippen LogP contribution in [0.25, 0.3) is 0 Å². The van der Waals surface area contributed by atoms with Crippen LogP contribution in [0.4, 0.5) is 10.1 Å². The van der Waals surface area contributed by atoms with Crippen molar-refractivity contribution in [1.82, 2.24) is 9.62 Å². The Kier molecular flexibility index (Phi) is 7.50. The van der Waals surface area contributed by atoms with Gasteiger partial charge in [-0.3, -0.25) is 4.79 Å². The van der Waals surface area contributed by atoms with E-state index in [1.807, 2.05) is 30.3 Å². The summed E-state index contributed by atoms with van der Waals surface area (Å²) in [4.78, 5) is 17.3. The third-order valence-electron chi connectivity index (χ3n) is 5.79. The second kappa shape index (κ2) is 10.5. The Hall–Kier alpha value is -2.94. The van der Waals surface area contributed by atoms with Crippen molar-refractivity contribution in [1.29, 1.82) is 0 Å². The van der Waals surface area contributed by atoms with Crippen LogP contribution >= 0.6 is 11.6 Å². The molecule has 0 unspecified atom stereocenters. The van der Waals surface area contributed by atoms with Gasteiger partial charge in [0.2, 0.25) is 15.9 Å². The summed E-state index contributed by atoms with van der Waals surface area (Å²) in [5.41, 5.74) is 1.74. The second-order valence-corrected chi connectivity index (χ2v) is 10.3. The first-order valence-corrected chi connectivity index (χ1v) is 12.8. The molecule has 0 saturated carbocycles. The maximum absolute atomic E-state index is 13.5. The number of hydrogen-bond acceptors (Lipinski definition) is 4. The Morgan fingerprint density at radius 1 is 0.912 bits per heavy atom. The quantitative estimate of drug-likeness (QED) is 0.536. The minimum atomic E-state index is -3.94. The van der Waals surface area contributed by atoms with Crippen LogP contribution in [-0.2, 0) is 21.2 Å². The lowest BCUT2D eigenvalue weighted by Gasteiger charge is -2.37. The molecule has 34 heavy (non-hydrogen) atoms. The molecule has 1 atom stereocenters. The lowest BCUT2D eigenvalue weighted by atomic mass is 10.1. The van der Waals surface area contributed by atoms with E-state index < -0.39 is 16.1 Å². The van der Waals surface area contributed by atoms with Gasteiger partial charge in [-0.25, -0.2) is 12.8 Å². The van der Waals surface area contributed by atoms with E-state index >= 15 is 0 Å². The molecule has 0 aliphatic carbocycles. The highest BCUT2D eigenvalue weighted by molar-refractivity contribution is 7.89. The molecule has 1 aliphatic heterocycles. The minimum Gasteiger partial charge on any atom is -0.368 e. The zero-order valence-electron chi connectivity index (χ0n) is 18.4. The molecule has 3 aromatic rings. The molecule has 3 aromatic carbocycles. The molecule has 0 radical (unpaired) electrons. The lowest BCUT2D eigenvalue weighted by molar-refractivity contribution is -0.133. The van der Waals surface area contributed by atoms with E-state index in [9.17, 15) is 17.6 Å². The fourth-order valence-corrected chi connectivity index (χ4v) is 5.27. The minimum absolute atomic E-state index is 0.0453. The zero-order chi connectivity index (χ0) is 24.1. The standard InChI is InChI=1S/C25H25ClFN3O3S/c26-20-6-12-23(13-7-20)34(32,33)28-24(18-19-4-2-1-3-5-19)25(31)30-16-14-29(15-17-30)22-10-8-21(27)9-11-22/h1-13,24,28H,14-18H2/t24-/m0/s1. The Labute approximate surface area is 204 Å². The average molecular weight is 502 g/mol. The summed E-state index contributed by atoms with van der Waals surface area (Å²) < 4.78 is 41.9. The summed E-state index contributed by atoms with van der Waals surface area (Å²) in [6.45, 7) is 2.01. The van der Waals surface area contributed by atoms with Crippen LogP contribution in [0.1, 0.15) is 5.56 Å². The van der Waals surface area contributed by atoms with Gasteiger partial charge in [0.1, 0.15) is 11.9 Å². The summed E-state index contributed by atoms with van der Waals surface area (Å²) in [7, 11) is -3.94. The Morgan fingerprint density at radius 3 is 2.15 bits per heavy atom. The second-order valence-electron chi connectivity index (χ2n) is 8.11. The summed E-state index contributed by atoms with van der Waals surface area (Å²) >= 11 is 5.89. The van der Waals surface area contributed by atoms with E-state index in [1.165, 1.54) is 36.4 Å². The van der Waals surface area contributed by atoms with E-state index in [0.717, 1.165) is 11.3 Å². The SMILES string of the molecule is O=C([C@H](Cc1ccccc1)NS(=O)(=O)c1ccc(Cl)cc1)N1CCN(c2ccc(F)cc2)CC1. The van der Waals surface area contributed by atoms with Crippen molar-refractivity contribution in [2.75, 3.05) is 31.1 Å². The van der Waals surface area contributed by atoms with Gasteiger partial charge in [0, 0.05) is 36.9 Å². The maximum Gasteiger partial charge on any atom is 0.241 e. The Bertz CT molecular complexity index is 1210. The molecule has 0 aromatic heterocycles. The third-order valence-corrected chi connectivity index (χ3v) is 7.52.